The van der Waals surface area contributed by atoms with Crippen LogP contribution in [0.2, 0.25) is 0 Å². The zero-order valence-corrected chi connectivity index (χ0v) is 11.9. The fraction of sp³-hybridized carbons (Fsp3) is 0.438. The molecule has 0 radical (unpaired) electrons. The maximum absolute atomic E-state index is 8.95. The highest BCUT2D eigenvalue weighted by molar-refractivity contribution is 5.89. The van der Waals surface area contributed by atoms with E-state index in [-0.39, 0.29) is 0 Å². The van der Waals surface area contributed by atoms with Crippen molar-refractivity contribution in [1.82, 2.24) is 14.9 Å². The van der Waals surface area contributed by atoms with Gasteiger partial charge in [-0.2, -0.15) is 5.26 Å². The zero-order valence-electron chi connectivity index (χ0n) is 11.9. The Balaban J connectivity index is 1.54. The molecule has 0 atom stereocenters. The Hall–Kier alpha value is -2.35. The Morgan fingerprint density at radius 1 is 1.10 bits per heavy atom. The number of nitriles is 1. The van der Waals surface area contributed by atoms with Crippen molar-refractivity contribution in [3.63, 3.8) is 0 Å². The molecule has 0 bridgehead atoms. The lowest BCUT2D eigenvalue weighted by molar-refractivity contribution is 0.104. The molecule has 2 fully saturated rings. The number of rotatable bonds is 1. The average Bonchev–Trinajstić information content (AvgIpc) is 2.52. The van der Waals surface area contributed by atoms with Gasteiger partial charge >= 0.3 is 0 Å². The summed E-state index contributed by atoms with van der Waals surface area (Å²) in [5, 5.41) is 10.1. The minimum atomic E-state index is 0.388. The van der Waals surface area contributed by atoms with Gasteiger partial charge in [0.2, 0.25) is 0 Å². The van der Waals surface area contributed by atoms with Crippen molar-refractivity contribution in [3.05, 3.63) is 30.6 Å². The van der Waals surface area contributed by atoms with Crippen molar-refractivity contribution in [1.29, 1.82) is 5.26 Å². The van der Waals surface area contributed by atoms with Crippen LogP contribution in [-0.4, -0.2) is 41.0 Å². The maximum Gasteiger partial charge on any atom is 0.179 e. The van der Waals surface area contributed by atoms with Gasteiger partial charge in [0, 0.05) is 37.0 Å². The topological polar surface area (TPSA) is 56.1 Å². The molecule has 3 heterocycles. The lowest BCUT2D eigenvalue weighted by Crippen LogP contribution is -2.60. The van der Waals surface area contributed by atoms with E-state index in [1.807, 2.05) is 23.1 Å². The SMILES string of the molecule is N#CN1CCC2(CC1)CN(c1ncnc3ccccc13)C2. The summed E-state index contributed by atoms with van der Waals surface area (Å²) < 4.78 is 0. The third-order valence-corrected chi connectivity index (χ3v) is 4.84. The van der Waals surface area contributed by atoms with Crippen LogP contribution in [-0.2, 0) is 0 Å². The first-order valence-corrected chi connectivity index (χ1v) is 7.39. The number of benzene rings is 1. The second-order valence-corrected chi connectivity index (χ2v) is 6.16. The van der Waals surface area contributed by atoms with Gasteiger partial charge in [-0.1, -0.05) is 12.1 Å². The van der Waals surface area contributed by atoms with Gasteiger partial charge in [-0.15, -0.1) is 0 Å². The molecule has 0 aliphatic carbocycles. The Morgan fingerprint density at radius 3 is 2.62 bits per heavy atom. The minimum absolute atomic E-state index is 0.388. The monoisotopic (exact) mass is 279 g/mol. The number of aromatic nitrogens is 2. The van der Waals surface area contributed by atoms with Crippen LogP contribution in [0.1, 0.15) is 12.8 Å². The van der Waals surface area contributed by atoms with E-state index in [9.17, 15) is 0 Å². The molecule has 106 valence electrons. The fourth-order valence-electron chi connectivity index (χ4n) is 3.55. The van der Waals surface area contributed by atoms with Crippen LogP contribution in [0.5, 0.6) is 0 Å². The van der Waals surface area contributed by atoms with E-state index in [1.54, 1.807) is 6.33 Å². The number of anilines is 1. The minimum Gasteiger partial charge on any atom is -0.355 e. The quantitative estimate of drug-likeness (QED) is 0.747. The Kier molecular flexibility index (Phi) is 2.71. The van der Waals surface area contributed by atoms with E-state index in [0.29, 0.717) is 5.41 Å². The second-order valence-electron chi connectivity index (χ2n) is 6.16. The van der Waals surface area contributed by atoms with Gasteiger partial charge in [-0.25, -0.2) is 9.97 Å². The number of hydrogen-bond donors (Lipinski definition) is 0. The normalized spacial score (nSPS) is 20.3. The van der Waals surface area contributed by atoms with Crippen molar-refractivity contribution in [2.75, 3.05) is 31.1 Å². The van der Waals surface area contributed by atoms with Gasteiger partial charge in [0.25, 0.3) is 0 Å². The smallest absolute Gasteiger partial charge is 0.179 e. The zero-order chi connectivity index (χ0) is 14.3. The molecule has 2 aliphatic heterocycles. The van der Waals surface area contributed by atoms with Crippen LogP contribution in [0.3, 0.4) is 0 Å². The molecule has 4 rings (SSSR count). The third-order valence-electron chi connectivity index (χ3n) is 4.84. The molecule has 1 aromatic carbocycles. The van der Waals surface area contributed by atoms with E-state index >= 15 is 0 Å². The summed E-state index contributed by atoms with van der Waals surface area (Å²) >= 11 is 0. The molecule has 0 saturated carbocycles. The standard InChI is InChI=1S/C16H17N5/c17-11-20-7-5-16(6-8-20)9-21(10-16)15-13-3-1-2-4-14(13)18-12-19-15/h1-4,12H,5-10H2. The molecule has 0 unspecified atom stereocenters. The summed E-state index contributed by atoms with van der Waals surface area (Å²) in [5.74, 6) is 1.05. The molecule has 1 spiro atoms. The van der Waals surface area contributed by atoms with Gasteiger partial charge in [-0.05, 0) is 25.0 Å². The molecule has 5 nitrogen and oxygen atoms in total. The van der Waals surface area contributed by atoms with Crippen LogP contribution >= 0.6 is 0 Å². The van der Waals surface area contributed by atoms with E-state index in [1.165, 1.54) is 0 Å². The van der Waals surface area contributed by atoms with E-state index < -0.39 is 0 Å². The van der Waals surface area contributed by atoms with Crippen LogP contribution in [0.15, 0.2) is 30.6 Å². The predicted molar refractivity (Wildman–Crippen MR) is 80.6 cm³/mol. The Labute approximate surface area is 123 Å². The molecule has 21 heavy (non-hydrogen) atoms. The first kappa shape index (κ1) is 12.4. The van der Waals surface area contributed by atoms with Gasteiger partial charge in [0.05, 0.1) is 5.52 Å². The predicted octanol–water partition coefficient (Wildman–Crippen LogP) is 2.01. The summed E-state index contributed by atoms with van der Waals surface area (Å²) in [7, 11) is 0. The molecule has 2 aromatic rings. The van der Waals surface area contributed by atoms with E-state index in [4.69, 9.17) is 5.26 Å². The summed E-state index contributed by atoms with van der Waals surface area (Å²) in [6, 6.07) is 8.17. The van der Waals surface area contributed by atoms with Gasteiger partial charge < -0.3 is 9.80 Å². The fourth-order valence-corrected chi connectivity index (χ4v) is 3.55. The highest BCUT2D eigenvalue weighted by Crippen LogP contribution is 2.43. The maximum atomic E-state index is 8.95. The molecule has 1 aromatic heterocycles. The number of nitrogens with zero attached hydrogens (tertiary/aromatic N) is 5. The van der Waals surface area contributed by atoms with Crippen molar-refractivity contribution in [2.24, 2.45) is 5.41 Å². The first-order chi connectivity index (χ1) is 10.3. The third kappa shape index (κ3) is 1.99. The summed E-state index contributed by atoms with van der Waals surface area (Å²) in [5.41, 5.74) is 1.39. The van der Waals surface area contributed by atoms with Crippen molar-refractivity contribution >= 4 is 16.7 Å². The van der Waals surface area contributed by atoms with Crippen LogP contribution in [0.4, 0.5) is 5.82 Å². The van der Waals surface area contributed by atoms with Crippen LogP contribution in [0.25, 0.3) is 10.9 Å². The number of para-hydroxylation sites is 1. The highest BCUT2D eigenvalue weighted by atomic mass is 15.3. The number of likely N-dealkylation sites (tertiary alicyclic amines) is 1. The van der Waals surface area contributed by atoms with Crippen LogP contribution in [0, 0.1) is 16.9 Å². The van der Waals surface area contributed by atoms with Gasteiger partial charge in [0.1, 0.15) is 12.1 Å². The van der Waals surface area contributed by atoms with Gasteiger partial charge in [0.15, 0.2) is 6.19 Å². The number of hydrogen-bond acceptors (Lipinski definition) is 5. The lowest BCUT2D eigenvalue weighted by atomic mass is 9.72. The average molecular weight is 279 g/mol. The van der Waals surface area contributed by atoms with Crippen molar-refractivity contribution in [3.8, 4) is 6.19 Å². The summed E-state index contributed by atoms with van der Waals surface area (Å²) in [6.45, 7) is 3.89. The lowest BCUT2D eigenvalue weighted by Gasteiger charge is -2.54. The molecular formula is C16H17N5. The molecule has 0 N–H and O–H groups in total. The van der Waals surface area contributed by atoms with Crippen molar-refractivity contribution in [2.45, 2.75) is 12.8 Å². The van der Waals surface area contributed by atoms with E-state index in [2.05, 4.69) is 27.1 Å². The Morgan fingerprint density at radius 2 is 1.86 bits per heavy atom. The first-order valence-electron chi connectivity index (χ1n) is 7.39. The van der Waals surface area contributed by atoms with Gasteiger partial charge in [-0.3, -0.25) is 0 Å². The number of fused-ring (bicyclic) bond motifs is 1. The molecular weight excluding hydrogens is 262 g/mol. The summed E-state index contributed by atoms with van der Waals surface area (Å²) in [4.78, 5) is 13.0. The molecule has 2 saturated heterocycles. The largest absolute Gasteiger partial charge is 0.355 e. The van der Waals surface area contributed by atoms with E-state index in [0.717, 1.165) is 55.7 Å². The molecule has 5 heteroatoms. The van der Waals surface area contributed by atoms with Crippen molar-refractivity contribution < 1.29 is 0 Å². The highest BCUT2D eigenvalue weighted by Gasteiger charge is 2.45. The Bertz CT molecular complexity index is 699. The summed E-state index contributed by atoms with van der Waals surface area (Å²) in [6.07, 6.45) is 6.13. The second kappa shape index (κ2) is 4.59. The number of piperidine rings is 1. The van der Waals surface area contributed by atoms with Crippen LogP contribution < -0.4 is 4.90 Å². The molecule has 0 amide bonds. The molecule has 2 aliphatic rings.